The van der Waals surface area contributed by atoms with Gasteiger partial charge in [0, 0.05) is 6.20 Å². The number of pyridine rings is 1. The van der Waals surface area contributed by atoms with Crippen LogP contribution in [0.2, 0.25) is 5.15 Å². The predicted molar refractivity (Wildman–Crippen MR) is 43.8 cm³/mol. The Balaban J connectivity index is 2.71. The van der Waals surface area contributed by atoms with Gasteiger partial charge in [-0.3, -0.25) is 0 Å². The fourth-order valence-corrected chi connectivity index (χ4v) is 0.818. The van der Waals surface area contributed by atoms with Crippen LogP contribution in [-0.4, -0.2) is 11.1 Å². The van der Waals surface area contributed by atoms with Gasteiger partial charge >= 0.3 is 0 Å². The first-order valence-electron chi connectivity index (χ1n) is 3.39. The average molecular weight is 171 g/mol. The zero-order valence-electron chi connectivity index (χ0n) is 6.47. The summed E-state index contributed by atoms with van der Waals surface area (Å²) >= 11 is 5.58. The summed E-state index contributed by atoms with van der Waals surface area (Å²) in [7, 11) is 0. The molecule has 11 heavy (non-hydrogen) atoms. The van der Waals surface area contributed by atoms with Crippen molar-refractivity contribution < 1.29 is 4.74 Å². The highest BCUT2D eigenvalue weighted by molar-refractivity contribution is 6.29. The van der Waals surface area contributed by atoms with Crippen molar-refractivity contribution in [3.05, 3.63) is 23.5 Å². The van der Waals surface area contributed by atoms with E-state index in [1.807, 2.05) is 13.8 Å². The summed E-state index contributed by atoms with van der Waals surface area (Å²) in [4.78, 5) is 3.78. The molecule has 0 N–H and O–H groups in total. The molecule has 1 radical (unpaired) electrons. The van der Waals surface area contributed by atoms with Crippen LogP contribution in [0.4, 0.5) is 0 Å². The minimum absolute atomic E-state index is 0.143. The molecule has 0 fully saturated rings. The second-order valence-corrected chi connectivity index (χ2v) is 2.75. The van der Waals surface area contributed by atoms with Crippen LogP contribution in [0.5, 0.6) is 5.75 Å². The van der Waals surface area contributed by atoms with E-state index in [4.69, 9.17) is 16.3 Å². The minimum atomic E-state index is 0.143. The Morgan fingerprint density at radius 1 is 1.64 bits per heavy atom. The Bertz CT molecular complexity index is 237. The Labute approximate surface area is 71.2 Å². The first kappa shape index (κ1) is 8.34. The van der Waals surface area contributed by atoms with Gasteiger partial charge in [0.1, 0.15) is 10.9 Å². The highest BCUT2D eigenvalue weighted by Crippen LogP contribution is 2.14. The molecular weight excluding hydrogens is 162 g/mol. The lowest BCUT2D eigenvalue weighted by molar-refractivity contribution is 0.241. The Hall–Kier alpha value is -0.760. The molecule has 0 aromatic carbocycles. The van der Waals surface area contributed by atoms with Gasteiger partial charge in [-0.25, -0.2) is 4.98 Å². The van der Waals surface area contributed by atoms with Crippen molar-refractivity contribution in [2.24, 2.45) is 0 Å². The number of aromatic nitrogens is 1. The molecule has 1 aromatic heterocycles. The third-order valence-electron chi connectivity index (χ3n) is 1.00. The average Bonchev–Trinajstić information content (AvgIpc) is 1.85. The van der Waals surface area contributed by atoms with E-state index >= 15 is 0 Å². The number of ether oxygens (including phenoxy) is 1. The predicted octanol–water partition coefficient (Wildman–Crippen LogP) is 2.32. The third kappa shape index (κ3) is 2.76. The van der Waals surface area contributed by atoms with Crippen molar-refractivity contribution in [1.29, 1.82) is 0 Å². The lowest BCUT2D eigenvalue weighted by Gasteiger charge is -2.07. The fraction of sp³-hybridized carbons (Fsp3) is 0.375. The zero-order chi connectivity index (χ0) is 8.27. The van der Waals surface area contributed by atoms with E-state index < -0.39 is 0 Å². The summed E-state index contributed by atoms with van der Waals surface area (Å²) in [5, 5.41) is 0.336. The summed E-state index contributed by atoms with van der Waals surface area (Å²) in [5.74, 6) is 0.639. The monoisotopic (exact) mass is 170 g/mol. The van der Waals surface area contributed by atoms with Gasteiger partial charge in [0.2, 0.25) is 0 Å². The maximum absolute atomic E-state index is 5.58. The number of halogens is 1. The second kappa shape index (κ2) is 3.58. The summed E-state index contributed by atoms with van der Waals surface area (Å²) in [6.07, 6.45) is 1.74. The summed E-state index contributed by atoms with van der Waals surface area (Å²) in [5.41, 5.74) is 0. The van der Waals surface area contributed by atoms with Gasteiger partial charge in [0.15, 0.2) is 0 Å². The summed E-state index contributed by atoms with van der Waals surface area (Å²) < 4.78 is 5.32. The summed E-state index contributed by atoms with van der Waals surface area (Å²) in [6.45, 7) is 3.89. The number of hydrogen-bond donors (Lipinski definition) is 0. The molecule has 1 rings (SSSR count). The van der Waals surface area contributed by atoms with E-state index in [0.29, 0.717) is 10.9 Å². The molecule has 0 unspecified atom stereocenters. The van der Waals surface area contributed by atoms with E-state index in [1.54, 1.807) is 12.3 Å². The van der Waals surface area contributed by atoms with Crippen LogP contribution in [0.3, 0.4) is 0 Å². The highest BCUT2D eigenvalue weighted by Gasteiger charge is 1.98. The quantitative estimate of drug-likeness (QED) is 0.636. The third-order valence-corrected chi connectivity index (χ3v) is 1.19. The topological polar surface area (TPSA) is 22.1 Å². The van der Waals surface area contributed by atoms with Crippen LogP contribution in [0, 0.1) is 6.07 Å². The normalized spacial score (nSPS) is 10.2. The molecule has 0 aliphatic heterocycles. The van der Waals surface area contributed by atoms with Crippen LogP contribution in [0.25, 0.3) is 0 Å². The largest absolute Gasteiger partial charge is 0.490 e. The Kier molecular flexibility index (Phi) is 2.71. The van der Waals surface area contributed by atoms with E-state index in [9.17, 15) is 0 Å². The van der Waals surface area contributed by atoms with E-state index in [1.165, 1.54) is 0 Å². The molecule has 0 atom stereocenters. The van der Waals surface area contributed by atoms with Gasteiger partial charge in [-0.15, -0.1) is 0 Å². The number of hydrogen-bond acceptors (Lipinski definition) is 2. The van der Waals surface area contributed by atoms with Crippen molar-refractivity contribution >= 4 is 11.6 Å². The molecule has 0 saturated heterocycles. The van der Waals surface area contributed by atoms with Crippen LogP contribution >= 0.6 is 11.6 Å². The van der Waals surface area contributed by atoms with E-state index in [0.717, 1.165) is 0 Å². The molecule has 0 amide bonds. The smallest absolute Gasteiger partial charge is 0.140 e. The molecule has 2 nitrogen and oxygen atoms in total. The van der Waals surface area contributed by atoms with Crippen LogP contribution in [0.1, 0.15) is 13.8 Å². The highest BCUT2D eigenvalue weighted by atomic mass is 35.5. The lowest BCUT2D eigenvalue weighted by atomic mass is 10.4. The fourth-order valence-electron chi connectivity index (χ4n) is 0.669. The molecule has 0 saturated carbocycles. The molecule has 59 valence electrons. The molecule has 0 aliphatic rings. The SMILES string of the molecule is CC(C)Oc1[c]c(Cl)ncc1. The maximum Gasteiger partial charge on any atom is 0.140 e. The molecule has 1 heterocycles. The lowest BCUT2D eigenvalue weighted by Crippen LogP contribution is -2.05. The molecule has 0 spiro atoms. The minimum Gasteiger partial charge on any atom is -0.490 e. The van der Waals surface area contributed by atoms with Gasteiger partial charge in [-0.2, -0.15) is 0 Å². The molecule has 3 heteroatoms. The van der Waals surface area contributed by atoms with Crippen LogP contribution in [-0.2, 0) is 0 Å². The Morgan fingerprint density at radius 3 is 2.91 bits per heavy atom. The van der Waals surface area contributed by atoms with Crippen LogP contribution in [0.15, 0.2) is 12.3 Å². The maximum atomic E-state index is 5.58. The summed E-state index contributed by atoms with van der Waals surface area (Å²) in [6, 6.07) is 4.50. The molecule has 0 bridgehead atoms. The van der Waals surface area contributed by atoms with Crippen molar-refractivity contribution in [2.75, 3.05) is 0 Å². The van der Waals surface area contributed by atoms with Gasteiger partial charge in [-0.1, -0.05) is 11.6 Å². The Morgan fingerprint density at radius 2 is 2.36 bits per heavy atom. The number of nitrogens with zero attached hydrogens (tertiary/aromatic N) is 1. The van der Waals surface area contributed by atoms with Crippen molar-refractivity contribution in [3.63, 3.8) is 0 Å². The van der Waals surface area contributed by atoms with Crippen molar-refractivity contribution in [3.8, 4) is 5.75 Å². The first-order chi connectivity index (χ1) is 5.18. The second-order valence-electron chi connectivity index (χ2n) is 2.39. The van der Waals surface area contributed by atoms with Crippen LogP contribution < -0.4 is 4.74 Å². The van der Waals surface area contributed by atoms with Gasteiger partial charge in [0.05, 0.1) is 12.2 Å². The van der Waals surface area contributed by atoms with E-state index in [2.05, 4.69) is 11.1 Å². The van der Waals surface area contributed by atoms with Gasteiger partial charge in [0.25, 0.3) is 0 Å². The van der Waals surface area contributed by atoms with Crippen molar-refractivity contribution in [2.45, 2.75) is 20.0 Å². The van der Waals surface area contributed by atoms with Gasteiger partial charge < -0.3 is 4.74 Å². The standard InChI is InChI=1S/C8H9ClNO/c1-6(2)11-7-3-4-10-8(9)5-7/h3-4,6H,1-2H3. The van der Waals surface area contributed by atoms with Gasteiger partial charge in [-0.05, 0) is 19.9 Å². The van der Waals surface area contributed by atoms with E-state index in [-0.39, 0.29) is 6.10 Å². The number of rotatable bonds is 2. The zero-order valence-corrected chi connectivity index (χ0v) is 7.22. The molecular formula is C8H9ClNO. The first-order valence-corrected chi connectivity index (χ1v) is 3.77. The molecule has 1 aromatic rings. The van der Waals surface area contributed by atoms with Crippen molar-refractivity contribution in [1.82, 2.24) is 4.98 Å². The molecule has 0 aliphatic carbocycles.